The van der Waals surface area contributed by atoms with E-state index in [0.29, 0.717) is 48.5 Å². The Bertz CT molecular complexity index is 734. The molecule has 0 atom stereocenters. The standard InChI is InChI=1S/C16H8F10S2/c17-9-1-5-11(6-2-9)27-15(23,24)13(19,20)14(21,22)16(25,26)28-12-7-3-10(18)4-8-12/h1-8H. The van der Waals surface area contributed by atoms with Crippen molar-refractivity contribution in [1.82, 2.24) is 0 Å². The van der Waals surface area contributed by atoms with E-state index in [-0.39, 0.29) is 0 Å². The Morgan fingerprint density at radius 3 is 0.964 bits per heavy atom. The molecule has 0 bridgehead atoms. The third-order valence-electron chi connectivity index (χ3n) is 3.24. The molecule has 0 spiro atoms. The molecule has 2 rings (SSSR count). The summed E-state index contributed by atoms with van der Waals surface area (Å²) in [6.45, 7) is 0. The minimum absolute atomic E-state index is 0.605. The van der Waals surface area contributed by atoms with Gasteiger partial charge in [0.25, 0.3) is 0 Å². The molecule has 0 aliphatic rings. The van der Waals surface area contributed by atoms with E-state index in [2.05, 4.69) is 0 Å². The second-order valence-electron chi connectivity index (χ2n) is 5.29. The van der Waals surface area contributed by atoms with Crippen LogP contribution in [0.15, 0.2) is 58.3 Å². The number of halogens is 10. The van der Waals surface area contributed by atoms with Crippen molar-refractivity contribution < 1.29 is 43.9 Å². The molecular formula is C16H8F10S2. The van der Waals surface area contributed by atoms with Gasteiger partial charge in [-0.15, -0.1) is 0 Å². The predicted molar refractivity (Wildman–Crippen MR) is 84.3 cm³/mol. The molecule has 0 fully saturated rings. The molecule has 0 saturated carbocycles. The summed E-state index contributed by atoms with van der Waals surface area (Å²) in [4.78, 5) is -1.48. The maximum absolute atomic E-state index is 13.9. The van der Waals surface area contributed by atoms with E-state index in [1.165, 1.54) is 0 Å². The summed E-state index contributed by atoms with van der Waals surface area (Å²) in [7, 11) is 0. The lowest BCUT2D eigenvalue weighted by Crippen LogP contribution is -2.60. The molecule has 154 valence electrons. The summed E-state index contributed by atoms with van der Waals surface area (Å²) < 4.78 is 136. The average molecular weight is 454 g/mol. The summed E-state index contributed by atoms with van der Waals surface area (Å²) in [5.74, 6) is -14.8. The smallest absolute Gasteiger partial charge is 0.207 e. The normalized spacial score (nSPS) is 13.6. The van der Waals surface area contributed by atoms with E-state index in [0.717, 1.165) is 0 Å². The molecule has 0 radical (unpaired) electrons. The maximum atomic E-state index is 13.9. The van der Waals surface area contributed by atoms with Crippen LogP contribution in [0.2, 0.25) is 0 Å². The van der Waals surface area contributed by atoms with Gasteiger partial charge in [-0.1, -0.05) is 0 Å². The lowest BCUT2D eigenvalue weighted by atomic mass is 10.2. The number of alkyl halides is 8. The van der Waals surface area contributed by atoms with Gasteiger partial charge >= 0.3 is 22.4 Å². The van der Waals surface area contributed by atoms with Crippen LogP contribution in [0.25, 0.3) is 0 Å². The molecule has 0 saturated heterocycles. The van der Waals surface area contributed by atoms with Crippen molar-refractivity contribution in [3.05, 3.63) is 60.2 Å². The van der Waals surface area contributed by atoms with Crippen LogP contribution in [0.4, 0.5) is 43.9 Å². The largest absolute Gasteiger partial charge is 0.389 e. The second-order valence-corrected chi connectivity index (χ2v) is 7.67. The van der Waals surface area contributed by atoms with Crippen LogP contribution in [0.1, 0.15) is 0 Å². The third kappa shape index (κ3) is 4.37. The van der Waals surface area contributed by atoms with Gasteiger partial charge in [0.1, 0.15) is 11.6 Å². The SMILES string of the molecule is Fc1ccc(SC(F)(F)C(F)(F)C(F)(F)C(F)(F)Sc2ccc(F)cc2)cc1. The molecule has 0 aliphatic carbocycles. The fourth-order valence-corrected chi connectivity index (χ4v) is 3.44. The highest BCUT2D eigenvalue weighted by molar-refractivity contribution is 8.00. The molecule has 0 heterocycles. The molecule has 2 aromatic carbocycles. The Morgan fingerprint density at radius 2 is 0.714 bits per heavy atom. The Hall–Kier alpha value is -1.56. The third-order valence-corrected chi connectivity index (χ3v) is 5.29. The highest BCUT2D eigenvalue weighted by atomic mass is 32.2. The quantitative estimate of drug-likeness (QED) is 0.318. The van der Waals surface area contributed by atoms with E-state index in [1.807, 2.05) is 0 Å². The molecule has 28 heavy (non-hydrogen) atoms. The maximum Gasteiger partial charge on any atom is 0.389 e. The summed E-state index contributed by atoms with van der Waals surface area (Å²) in [6.07, 6.45) is 0. The van der Waals surface area contributed by atoms with Crippen molar-refractivity contribution in [2.24, 2.45) is 0 Å². The Morgan fingerprint density at radius 1 is 0.464 bits per heavy atom. The Balaban J connectivity index is 2.30. The van der Waals surface area contributed by atoms with Crippen molar-refractivity contribution in [2.75, 3.05) is 0 Å². The van der Waals surface area contributed by atoms with Gasteiger partial charge in [-0.3, -0.25) is 0 Å². The lowest BCUT2D eigenvalue weighted by Gasteiger charge is -2.35. The summed E-state index contributed by atoms with van der Waals surface area (Å²) >= 11 is -2.22. The van der Waals surface area contributed by atoms with Gasteiger partial charge in [-0.2, -0.15) is 35.1 Å². The molecule has 0 N–H and O–H groups in total. The van der Waals surface area contributed by atoms with Crippen molar-refractivity contribution in [3.63, 3.8) is 0 Å². The molecule has 0 amide bonds. The monoisotopic (exact) mass is 454 g/mol. The van der Waals surface area contributed by atoms with Crippen LogP contribution in [-0.4, -0.2) is 22.4 Å². The molecule has 12 heteroatoms. The molecule has 0 aromatic heterocycles. The summed E-state index contributed by atoms with van der Waals surface area (Å²) in [5, 5.41) is -11.3. The first-order chi connectivity index (χ1) is 12.7. The first-order valence-electron chi connectivity index (χ1n) is 7.10. The topological polar surface area (TPSA) is 0 Å². The summed E-state index contributed by atoms with van der Waals surface area (Å²) in [5.41, 5.74) is 0. The van der Waals surface area contributed by atoms with E-state index in [1.54, 1.807) is 0 Å². The molecule has 0 aliphatic heterocycles. The van der Waals surface area contributed by atoms with Gasteiger partial charge in [-0.05, 0) is 72.1 Å². The van der Waals surface area contributed by atoms with Crippen molar-refractivity contribution >= 4 is 23.5 Å². The Labute approximate surface area is 160 Å². The number of rotatable bonds is 7. The van der Waals surface area contributed by atoms with Crippen LogP contribution in [0, 0.1) is 11.6 Å². The summed E-state index contributed by atoms with van der Waals surface area (Å²) in [6, 6.07) is 4.84. The minimum Gasteiger partial charge on any atom is -0.207 e. The Kier molecular flexibility index (Phi) is 6.25. The molecule has 0 unspecified atom stereocenters. The minimum atomic E-state index is -6.49. The number of hydrogen-bond acceptors (Lipinski definition) is 2. The van der Waals surface area contributed by atoms with Crippen LogP contribution >= 0.6 is 23.5 Å². The van der Waals surface area contributed by atoms with Gasteiger partial charge in [0.2, 0.25) is 0 Å². The van der Waals surface area contributed by atoms with Crippen molar-refractivity contribution in [1.29, 1.82) is 0 Å². The number of thioether (sulfide) groups is 2. The van der Waals surface area contributed by atoms with Gasteiger partial charge in [0, 0.05) is 9.79 Å². The predicted octanol–water partition coefficient (Wildman–Crippen LogP) is 7.31. The lowest BCUT2D eigenvalue weighted by molar-refractivity contribution is -0.322. The van der Waals surface area contributed by atoms with Crippen molar-refractivity contribution in [2.45, 2.75) is 32.1 Å². The van der Waals surface area contributed by atoms with E-state index < -0.39 is 67.3 Å². The highest BCUT2D eigenvalue weighted by Crippen LogP contribution is 2.60. The van der Waals surface area contributed by atoms with Crippen LogP contribution in [0.5, 0.6) is 0 Å². The zero-order valence-corrected chi connectivity index (χ0v) is 14.8. The van der Waals surface area contributed by atoms with E-state index in [4.69, 9.17) is 0 Å². The first-order valence-corrected chi connectivity index (χ1v) is 8.73. The van der Waals surface area contributed by atoms with Crippen LogP contribution < -0.4 is 0 Å². The zero-order chi connectivity index (χ0) is 21.4. The van der Waals surface area contributed by atoms with Crippen molar-refractivity contribution in [3.8, 4) is 0 Å². The first kappa shape index (κ1) is 22.7. The number of benzene rings is 2. The van der Waals surface area contributed by atoms with Crippen LogP contribution in [-0.2, 0) is 0 Å². The fraction of sp³-hybridized carbons (Fsp3) is 0.250. The van der Waals surface area contributed by atoms with Crippen LogP contribution in [0.3, 0.4) is 0 Å². The zero-order valence-electron chi connectivity index (χ0n) is 13.2. The molecule has 2 aromatic rings. The van der Waals surface area contributed by atoms with Gasteiger partial charge < -0.3 is 0 Å². The molecular weight excluding hydrogens is 446 g/mol. The number of hydrogen-bond donors (Lipinski definition) is 0. The van der Waals surface area contributed by atoms with Gasteiger partial charge in [-0.25, -0.2) is 8.78 Å². The second kappa shape index (κ2) is 7.69. The van der Waals surface area contributed by atoms with Gasteiger partial charge in [0.15, 0.2) is 0 Å². The fourth-order valence-electron chi connectivity index (χ4n) is 1.80. The van der Waals surface area contributed by atoms with E-state index >= 15 is 0 Å². The average Bonchev–Trinajstić information content (AvgIpc) is 2.58. The van der Waals surface area contributed by atoms with Gasteiger partial charge in [0.05, 0.1) is 0 Å². The highest BCUT2D eigenvalue weighted by Gasteiger charge is 2.81. The van der Waals surface area contributed by atoms with E-state index in [9.17, 15) is 43.9 Å². The molecule has 0 nitrogen and oxygen atoms in total.